The third-order valence-electron chi connectivity index (χ3n) is 2.37. The molecule has 0 saturated carbocycles. The van der Waals surface area contributed by atoms with E-state index in [1.165, 1.54) is 24.5 Å². The average molecular weight is 184 g/mol. The predicted molar refractivity (Wildman–Crippen MR) is 54.2 cm³/mol. The Balaban J connectivity index is 1.91. The van der Waals surface area contributed by atoms with Crippen molar-refractivity contribution in [2.75, 3.05) is 26.2 Å². The van der Waals surface area contributed by atoms with Crippen molar-refractivity contribution in [2.24, 2.45) is 0 Å². The number of hydrogen-bond acceptors (Lipinski definition) is 3. The highest BCUT2D eigenvalue weighted by atomic mass is 32.2. The molecule has 0 amide bonds. The molecule has 1 saturated heterocycles. The molecule has 0 bridgehead atoms. The van der Waals surface area contributed by atoms with Gasteiger partial charge in [-0.3, -0.25) is 0 Å². The fourth-order valence-electron chi connectivity index (χ4n) is 1.66. The minimum Gasteiger partial charge on any atom is -0.364 e. The van der Waals surface area contributed by atoms with Crippen molar-refractivity contribution in [3.05, 3.63) is 11.1 Å². The normalized spacial score (nSPS) is 30.6. The lowest BCUT2D eigenvalue weighted by Crippen LogP contribution is -2.42. The van der Waals surface area contributed by atoms with Crippen LogP contribution in [-0.2, 0) is 0 Å². The van der Waals surface area contributed by atoms with E-state index in [9.17, 15) is 0 Å². The van der Waals surface area contributed by atoms with Gasteiger partial charge in [0.1, 0.15) is 0 Å². The molecule has 0 aromatic carbocycles. The van der Waals surface area contributed by atoms with Crippen LogP contribution < -0.4 is 5.32 Å². The Bertz CT molecular complexity index is 185. The van der Waals surface area contributed by atoms with E-state index in [0.29, 0.717) is 0 Å². The van der Waals surface area contributed by atoms with Gasteiger partial charge in [-0.2, -0.15) is 0 Å². The van der Waals surface area contributed by atoms with Crippen molar-refractivity contribution in [2.45, 2.75) is 18.6 Å². The standard InChI is InChI=1S/C9H16N2S/c1-8-2-3-9(12-8)11-6-4-10-5-7-11/h3,8,10H,2,4-7H2,1H3/t8-/m1/s1. The summed E-state index contributed by atoms with van der Waals surface area (Å²) in [5.74, 6) is 0. The molecule has 0 spiro atoms. The summed E-state index contributed by atoms with van der Waals surface area (Å²) < 4.78 is 0. The molecule has 2 aliphatic heterocycles. The lowest BCUT2D eigenvalue weighted by Gasteiger charge is -2.30. The summed E-state index contributed by atoms with van der Waals surface area (Å²) in [5, 5.41) is 5.69. The molecule has 0 aromatic heterocycles. The first-order valence-electron chi connectivity index (χ1n) is 4.69. The molecule has 12 heavy (non-hydrogen) atoms. The van der Waals surface area contributed by atoms with E-state index in [4.69, 9.17) is 0 Å². The van der Waals surface area contributed by atoms with Crippen LogP contribution in [0.15, 0.2) is 11.1 Å². The smallest absolute Gasteiger partial charge is 0.0670 e. The number of hydrogen-bond donors (Lipinski definition) is 1. The van der Waals surface area contributed by atoms with Crippen molar-refractivity contribution in [3.63, 3.8) is 0 Å². The fourth-order valence-corrected chi connectivity index (χ4v) is 2.79. The van der Waals surface area contributed by atoms with Gasteiger partial charge in [0.2, 0.25) is 0 Å². The van der Waals surface area contributed by atoms with Gasteiger partial charge >= 0.3 is 0 Å². The van der Waals surface area contributed by atoms with Gasteiger partial charge in [0.15, 0.2) is 0 Å². The van der Waals surface area contributed by atoms with Crippen LogP contribution in [0, 0.1) is 0 Å². The first-order chi connectivity index (χ1) is 5.86. The molecular formula is C9H16N2S. The van der Waals surface area contributed by atoms with Gasteiger partial charge in [0.25, 0.3) is 0 Å². The van der Waals surface area contributed by atoms with Gasteiger partial charge in [0.05, 0.1) is 5.03 Å². The fraction of sp³-hybridized carbons (Fsp3) is 0.778. The molecule has 2 rings (SSSR count). The van der Waals surface area contributed by atoms with Crippen molar-refractivity contribution >= 4 is 11.8 Å². The van der Waals surface area contributed by atoms with Crippen LogP contribution in [0.25, 0.3) is 0 Å². The number of piperazine rings is 1. The summed E-state index contributed by atoms with van der Waals surface area (Å²) in [5.41, 5.74) is 0. The predicted octanol–water partition coefficient (Wildman–Crippen LogP) is 1.26. The van der Waals surface area contributed by atoms with E-state index in [2.05, 4.69) is 23.2 Å². The first kappa shape index (κ1) is 8.45. The largest absolute Gasteiger partial charge is 0.364 e. The molecule has 2 aliphatic rings. The van der Waals surface area contributed by atoms with Crippen molar-refractivity contribution in [1.29, 1.82) is 0 Å². The topological polar surface area (TPSA) is 15.3 Å². The van der Waals surface area contributed by atoms with Crippen LogP contribution in [0.3, 0.4) is 0 Å². The Kier molecular flexibility index (Phi) is 2.61. The van der Waals surface area contributed by atoms with Crippen LogP contribution in [0.4, 0.5) is 0 Å². The zero-order chi connectivity index (χ0) is 8.39. The Labute approximate surface area is 78.4 Å². The lowest BCUT2D eigenvalue weighted by molar-refractivity contribution is 0.317. The third kappa shape index (κ3) is 1.77. The maximum Gasteiger partial charge on any atom is 0.0670 e. The zero-order valence-corrected chi connectivity index (χ0v) is 8.36. The molecule has 1 N–H and O–H groups in total. The van der Waals surface area contributed by atoms with Crippen molar-refractivity contribution in [1.82, 2.24) is 10.2 Å². The molecule has 3 heteroatoms. The molecular weight excluding hydrogens is 168 g/mol. The molecule has 1 atom stereocenters. The lowest BCUT2D eigenvalue weighted by atomic mass is 10.3. The Morgan fingerprint density at radius 2 is 2.25 bits per heavy atom. The molecule has 68 valence electrons. The van der Waals surface area contributed by atoms with E-state index < -0.39 is 0 Å². The molecule has 0 unspecified atom stereocenters. The van der Waals surface area contributed by atoms with Gasteiger partial charge in [-0.05, 0) is 6.42 Å². The van der Waals surface area contributed by atoms with Crippen LogP contribution in [0.1, 0.15) is 13.3 Å². The summed E-state index contributed by atoms with van der Waals surface area (Å²) >= 11 is 2.03. The van der Waals surface area contributed by atoms with Crippen LogP contribution in [0.2, 0.25) is 0 Å². The van der Waals surface area contributed by atoms with Gasteiger partial charge in [-0.15, -0.1) is 11.8 Å². The van der Waals surface area contributed by atoms with Gasteiger partial charge in [-0.1, -0.05) is 13.0 Å². The molecule has 0 radical (unpaired) electrons. The Hall–Kier alpha value is -0.150. The monoisotopic (exact) mass is 184 g/mol. The highest BCUT2D eigenvalue weighted by Crippen LogP contribution is 2.33. The van der Waals surface area contributed by atoms with Crippen LogP contribution in [-0.4, -0.2) is 36.3 Å². The Morgan fingerprint density at radius 1 is 1.50 bits per heavy atom. The Morgan fingerprint density at radius 3 is 2.83 bits per heavy atom. The molecule has 0 aromatic rings. The highest BCUT2D eigenvalue weighted by Gasteiger charge is 2.19. The first-order valence-corrected chi connectivity index (χ1v) is 5.57. The minimum atomic E-state index is 0.801. The minimum absolute atomic E-state index is 0.801. The van der Waals surface area contributed by atoms with E-state index in [-0.39, 0.29) is 0 Å². The summed E-state index contributed by atoms with van der Waals surface area (Å²) in [4.78, 5) is 2.50. The maximum atomic E-state index is 3.37. The molecule has 1 fully saturated rings. The van der Waals surface area contributed by atoms with Crippen LogP contribution in [0.5, 0.6) is 0 Å². The highest BCUT2D eigenvalue weighted by molar-refractivity contribution is 8.03. The number of nitrogens with one attached hydrogen (secondary N) is 1. The summed E-state index contributed by atoms with van der Waals surface area (Å²) in [6, 6.07) is 0. The summed E-state index contributed by atoms with van der Waals surface area (Å²) in [6.07, 6.45) is 3.64. The van der Waals surface area contributed by atoms with E-state index in [1.54, 1.807) is 0 Å². The number of rotatable bonds is 1. The second kappa shape index (κ2) is 3.71. The third-order valence-corrected chi connectivity index (χ3v) is 3.64. The van der Waals surface area contributed by atoms with Gasteiger partial charge < -0.3 is 10.2 Å². The van der Waals surface area contributed by atoms with E-state index in [1.807, 2.05) is 11.8 Å². The second-order valence-corrected chi connectivity index (χ2v) is 4.90. The number of allylic oxidation sites excluding steroid dienone is 1. The van der Waals surface area contributed by atoms with E-state index >= 15 is 0 Å². The summed E-state index contributed by atoms with van der Waals surface area (Å²) in [7, 11) is 0. The second-order valence-electron chi connectivity index (χ2n) is 3.44. The molecule has 0 aliphatic carbocycles. The van der Waals surface area contributed by atoms with Crippen LogP contribution >= 0.6 is 11.8 Å². The zero-order valence-electron chi connectivity index (χ0n) is 7.55. The quantitative estimate of drug-likeness (QED) is 0.660. The van der Waals surface area contributed by atoms with Gasteiger partial charge in [-0.25, -0.2) is 0 Å². The molecule has 2 heterocycles. The average Bonchev–Trinajstić information content (AvgIpc) is 2.54. The number of nitrogens with zero attached hydrogens (tertiary/aromatic N) is 1. The van der Waals surface area contributed by atoms with E-state index in [0.717, 1.165) is 18.3 Å². The molecule has 2 nitrogen and oxygen atoms in total. The van der Waals surface area contributed by atoms with Crippen molar-refractivity contribution < 1.29 is 0 Å². The van der Waals surface area contributed by atoms with Gasteiger partial charge in [0, 0.05) is 31.4 Å². The number of thioether (sulfide) groups is 1. The van der Waals surface area contributed by atoms with Crippen molar-refractivity contribution in [3.8, 4) is 0 Å². The maximum absolute atomic E-state index is 3.37. The SMILES string of the molecule is C[C@@H]1CC=C(N2CCNCC2)S1. The summed E-state index contributed by atoms with van der Waals surface area (Å²) in [6.45, 7) is 6.96.